The van der Waals surface area contributed by atoms with E-state index in [4.69, 9.17) is 25.8 Å². The molecule has 0 heterocycles. The molecular weight excluding hydrogens is 534 g/mol. The molecule has 0 amide bonds. The molecule has 0 aliphatic heterocycles. The Kier molecular flexibility index (Phi) is 12.5. The standard InChI is InChI=1S/C22H43F3N2O4S2Si2/c1-20(2,3)34(8,9)30-14-16(18(28)29-7)27-17(32)12-15(13-26-19(33)22(23,24)25)31-35(10,11)21(4,5)6/h15-16H,12-14H2,1-11H3,(H,26,33)(H,27,32). The Hall–Kier alpha value is -0.606. The quantitative estimate of drug-likeness (QED) is 0.184. The van der Waals surface area contributed by atoms with Crippen molar-refractivity contribution in [2.45, 2.75) is 103 Å². The van der Waals surface area contributed by atoms with Crippen LogP contribution in [0.15, 0.2) is 0 Å². The number of hydrogen-bond acceptors (Lipinski definition) is 6. The van der Waals surface area contributed by atoms with Gasteiger partial charge in [-0.25, -0.2) is 4.79 Å². The molecule has 2 N–H and O–H groups in total. The lowest BCUT2D eigenvalue weighted by Crippen LogP contribution is -2.52. The topological polar surface area (TPSA) is 68.8 Å². The van der Waals surface area contributed by atoms with Gasteiger partial charge >= 0.3 is 12.1 Å². The largest absolute Gasteiger partial charge is 0.467 e. The van der Waals surface area contributed by atoms with Gasteiger partial charge in [0.05, 0.1) is 24.8 Å². The van der Waals surface area contributed by atoms with Crippen molar-refractivity contribution in [3.05, 3.63) is 0 Å². The third-order valence-corrected chi connectivity index (χ3v) is 16.4. The number of hydrogen-bond donors (Lipinski definition) is 2. The van der Waals surface area contributed by atoms with Gasteiger partial charge in [-0.2, -0.15) is 13.2 Å². The predicted molar refractivity (Wildman–Crippen MR) is 148 cm³/mol. The highest BCUT2D eigenvalue weighted by atomic mass is 32.1. The van der Waals surface area contributed by atoms with Crippen LogP contribution in [0.3, 0.4) is 0 Å². The first-order valence-electron chi connectivity index (χ1n) is 11.5. The maximum absolute atomic E-state index is 12.9. The lowest BCUT2D eigenvalue weighted by molar-refractivity contribution is -0.143. The number of rotatable bonds is 11. The highest BCUT2D eigenvalue weighted by Crippen LogP contribution is 2.38. The van der Waals surface area contributed by atoms with Crippen molar-refractivity contribution < 1.29 is 31.6 Å². The molecule has 0 aromatic heterocycles. The molecule has 0 aromatic carbocycles. The third kappa shape index (κ3) is 11.5. The first kappa shape index (κ1) is 34.4. The summed E-state index contributed by atoms with van der Waals surface area (Å²) in [5.41, 5.74) is 0. The van der Waals surface area contributed by atoms with Gasteiger partial charge < -0.3 is 24.2 Å². The summed E-state index contributed by atoms with van der Waals surface area (Å²) in [6.07, 6.45) is -5.22. The minimum atomic E-state index is -4.63. The van der Waals surface area contributed by atoms with Crippen molar-refractivity contribution in [3.63, 3.8) is 0 Å². The Morgan fingerprint density at radius 2 is 1.43 bits per heavy atom. The maximum atomic E-state index is 12.9. The summed E-state index contributed by atoms with van der Waals surface area (Å²) >= 11 is 9.93. The number of thiocarbonyl (C=S) groups is 2. The summed E-state index contributed by atoms with van der Waals surface area (Å²) in [5, 5.41) is 5.00. The zero-order chi connectivity index (χ0) is 28.0. The van der Waals surface area contributed by atoms with Crippen LogP contribution >= 0.6 is 24.4 Å². The molecule has 0 saturated carbocycles. The van der Waals surface area contributed by atoms with Gasteiger partial charge in [0.1, 0.15) is 6.04 Å². The number of ether oxygens (including phenoxy) is 1. The van der Waals surface area contributed by atoms with Crippen molar-refractivity contribution in [1.82, 2.24) is 10.6 Å². The Morgan fingerprint density at radius 1 is 0.943 bits per heavy atom. The number of carbonyl (C=O) groups excluding carboxylic acids is 1. The number of alkyl halides is 3. The molecule has 0 radical (unpaired) electrons. The second kappa shape index (κ2) is 12.8. The molecule has 13 heteroatoms. The molecule has 0 spiro atoms. The van der Waals surface area contributed by atoms with Crippen molar-refractivity contribution in [3.8, 4) is 0 Å². The lowest BCUT2D eigenvalue weighted by atomic mass is 10.2. The van der Waals surface area contributed by atoms with Gasteiger partial charge in [-0.3, -0.25) is 0 Å². The van der Waals surface area contributed by atoms with E-state index >= 15 is 0 Å². The van der Waals surface area contributed by atoms with Crippen LogP contribution in [0.1, 0.15) is 48.0 Å². The summed E-state index contributed by atoms with van der Waals surface area (Å²) in [5.74, 6) is -0.538. The van der Waals surface area contributed by atoms with Crippen LogP contribution in [0.4, 0.5) is 13.2 Å². The van der Waals surface area contributed by atoms with Gasteiger partial charge in [-0.15, -0.1) is 0 Å². The average molecular weight is 577 g/mol. The van der Waals surface area contributed by atoms with Crippen LogP contribution in [0.5, 0.6) is 0 Å². The molecular formula is C22H43F3N2O4S2Si2. The van der Waals surface area contributed by atoms with E-state index in [0.717, 1.165) is 0 Å². The summed E-state index contributed by atoms with van der Waals surface area (Å²) in [7, 11) is -3.22. The molecule has 0 aromatic rings. The van der Waals surface area contributed by atoms with E-state index < -0.39 is 45.9 Å². The Balaban J connectivity index is 5.55. The first-order valence-corrected chi connectivity index (χ1v) is 18.1. The van der Waals surface area contributed by atoms with Crippen LogP contribution in [0, 0.1) is 0 Å². The summed E-state index contributed by atoms with van der Waals surface area (Å²) in [4.78, 5) is 11.5. The Morgan fingerprint density at radius 3 is 1.83 bits per heavy atom. The first-order chi connectivity index (χ1) is 15.4. The molecule has 0 aliphatic rings. The fraction of sp³-hybridized carbons (Fsp3) is 0.864. The second-order valence-electron chi connectivity index (χ2n) is 11.6. The molecule has 206 valence electrons. The summed E-state index contributed by atoms with van der Waals surface area (Å²) < 4.78 is 56.2. The van der Waals surface area contributed by atoms with E-state index in [1.165, 1.54) is 7.11 Å². The van der Waals surface area contributed by atoms with Gasteiger partial charge in [0.25, 0.3) is 0 Å². The fourth-order valence-electron chi connectivity index (χ4n) is 2.33. The highest BCUT2D eigenvalue weighted by Gasteiger charge is 2.41. The normalized spacial score (nSPS) is 15.3. The van der Waals surface area contributed by atoms with Crippen LogP contribution in [-0.4, -0.2) is 71.2 Å². The van der Waals surface area contributed by atoms with Gasteiger partial charge in [0.15, 0.2) is 21.6 Å². The third-order valence-electron chi connectivity index (χ3n) is 6.67. The van der Waals surface area contributed by atoms with Crippen molar-refractivity contribution in [2.24, 2.45) is 0 Å². The summed E-state index contributed by atoms with van der Waals surface area (Å²) in [6.45, 7) is 20.4. The minimum Gasteiger partial charge on any atom is -0.467 e. The molecule has 35 heavy (non-hydrogen) atoms. The smallest absolute Gasteiger partial charge is 0.441 e. The number of nitrogens with one attached hydrogen (secondary N) is 2. The zero-order valence-corrected chi connectivity index (χ0v) is 26.5. The minimum absolute atomic E-state index is 0.0567. The number of methoxy groups -OCH3 is 1. The molecule has 0 saturated heterocycles. The lowest BCUT2D eigenvalue weighted by Gasteiger charge is -2.39. The van der Waals surface area contributed by atoms with Crippen molar-refractivity contribution >= 4 is 57.0 Å². The molecule has 2 atom stereocenters. The van der Waals surface area contributed by atoms with Crippen molar-refractivity contribution in [2.75, 3.05) is 20.3 Å². The Bertz CT molecular complexity index is 752. The highest BCUT2D eigenvalue weighted by molar-refractivity contribution is 7.80. The number of carbonyl (C=O) groups is 1. The van der Waals surface area contributed by atoms with E-state index in [9.17, 15) is 18.0 Å². The van der Waals surface area contributed by atoms with Crippen LogP contribution in [0.25, 0.3) is 0 Å². The van der Waals surface area contributed by atoms with Gasteiger partial charge in [-0.1, -0.05) is 66.0 Å². The van der Waals surface area contributed by atoms with Gasteiger partial charge in [0.2, 0.25) is 0 Å². The zero-order valence-electron chi connectivity index (χ0n) is 22.9. The predicted octanol–water partition coefficient (Wildman–Crippen LogP) is 5.73. The molecule has 0 rings (SSSR count). The van der Waals surface area contributed by atoms with Gasteiger partial charge in [0, 0.05) is 13.0 Å². The molecule has 0 aliphatic carbocycles. The molecule has 2 unspecified atom stereocenters. The van der Waals surface area contributed by atoms with Crippen LogP contribution in [0.2, 0.25) is 36.3 Å². The van der Waals surface area contributed by atoms with E-state index in [1.807, 2.05) is 33.9 Å². The fourth-order valence-corrected chi connectivity index (χ4v) is 5.12. The molecule has 0 fully saturated rings. The molecule has 6 nitrogen and oxygen atoms in total. The van der Waals surface area contributed by atoms with Crippen LogP contribution < -0.4 is 10.6 Å². The van der Waals surface area contributed by atoms with Crippen LogP contribution in [-0.2, 0) is 18.4 Å². The second-order valence-corrected chi connectivity index (χ2v) is 22.1. The number of halogens is 3. The van der Waals surface area contributed by atoms with E-state index in [-0.39, 0.29) is 34.6 Å². The molecule has 0 bridgehead atoms. The van der Waals surface area contributed by atoms with Crippen molar-refractivity contribution in [1.29, 1.82) is 0 Å². The van der Waals surface area contributed by atoms with E-state index in [0.29, 0.717) is 0 Å². The average Bonchev–Trinajstić information content (AvgIpc) is 2.65. The Labute approximate surface area is 221 Å². The number of esters is 1. The van der Waals surface area contributed by atoms with E-state index in [1.54, 1.807) is 0 Å². The monoisotopic (exact) mass is 576 g/mol. The summed E-state index contributed by atoms with van der Waals surface area (Å²) in [6, 6.07) is -0.848. The maximum Gasteiger partial charge on any atom is 0.441 e. The van der Waals surface area contributed by atoms with E-state index in [2.05, 4.69) is 56.7 Å². The SMILES string of the molecule is COC(=O)C(CO[Si](C)(C)C(C)(C)C)NC(=S)CC(CNC(=S)C(F)(F)F)O[Si](C)(C)C(C)(C)C. The van der Waals surface area contributed by atoms with Gasteiger partial charge in [-0.05, 0) is 36.3 Å².